The molecule has 0 radical (unpaired) electrons. The molecule has 2 fully saturated rings. The highest BCUT2D eigenvalue weighted by atomic mass is 16.5. The average Bonchev–Trinajstić information content (AvgIpc) is 3.07. The summed E-state index contributed by atoms with van der Waals surface area (Å²) >= 11 is 0. The number of carboxylic acid groups (broad SMARTS) is 1. The molecule has 0 bridgehead atoms. The number of anilines is 1. The quantitative estimate of drug-likeness (QED) is 0.821. The molecule has 28 heavy (non-hydrogen) atoms. The molecule has 1 aromatic rings. The van der Waals surface area contributed by atoms with Crippen molar-refractivity contribution in [2.24, 2.45) is 17.8 Å². The van der Waals surface area contributed by atoms with Crippen molar-refractivity contribution in [3.05, 3.63) is 18.2 Å². The number of ether oxygens (including phenoxy) is 2. The van der Waals surface area contributed by atoms with Gasteiger partial charge in [-0.3, -0.25) is 14.4 Å². The van der Waals surface area contributed by atoms with Gasteiger partial charge in [0, 0.05) is 32.1 Å². The van der Waals surface area contributed by atoms with Crippen LogP contribution in [-0.2, 0) is 14.4 Å². The number of nitrogens with zero attached hydrogens (tertiary/aromatic N) is 2. The highest BCUT2D eigenvalue weighted by Gasteiger charge is 2.40. The number of piperidine rings is 1. The zero-order chi connectivity index (χ0) is 20.4. The van der Waals surface area contributed by atoms with Gasteiger partial charge in [-0.15, -0.1) is 0 Å². The Balaban J connectivity index is 1.71. The van der Waals surface area contributed by atoms with Gasteiger partial charge in [-0.2, -0.15) is 0 Å². The number of carbonyl (C=O) groups is 3. The van der Waals surface area contributed by atoms with Crippen LogP contribution in [0.5, 0.6) is 11.5 Å². The van der Waals surface area contributed by atoms with Gasteiger partial charge >= 0.3 is 5.97 Å². The van der Waals surface area contributed by atoms with E-state index >= 15 is 0 Å². The number of amides is 2. The molecule has 0 aliphatic carbocycles. The standard InChI is InChI=1S/C20H26N2O6/c1-12-10-21(7-6-15(12)20(25)26)19(24)13-8-18(23)22(11-13)16-5-4-14(27-2)9-17(16)28-3/h4-5,9,12-13,15H,6-8,10-11H2,1-3H3,(H,25,26). The summed E-state index contributed by atoms with van der Waals surface area (Å²) in [6.07, 6.45) is 0.584. The molecule has 2 amide bonds. The Morgan fingerprint density at radius 2 is 1.93 bits per heavy atom. The number of benzene rings is 1. The summed E-state index contributed by atoms with van der Waals surface area (Å²) in [6.45, 7) is 2.96. The first-order valence-corrected chi connectivity index (χ1v) is 9.39. The molecular weight excluding hydrogens is 364 g/mol. The zero-order valence-electron chi connectivity index (χ0n) is 16.4. The van der Waals surface area contributed by atoms with E-state index in [1.807, 2.05) is 6.92 Å². The number of aliphatic carboxylic acids is 1. The first-order valence-electron chi connectivity index (χ1n) is 9.39. The molecule has 1 aromatic carbocycles. The highest BCUT2D eigenvalue weighted by molar-refractivity contribution is 6.01. The van der Waals surface area contributed by atoms with E-state index in [1.165, 1.54) is 7.11 Å². The number of hydrogen-bond acceptors (Lipinski definition) is 5. The Labute approximate surface area is 164 Å². The molecule has 0 aromatic heterocycles. The van der Waals surface area contributed by atoms with Crippen molar-refractivity contribution in [3.8, 4) is 11.5 Å². The van der Waals surface area contributed by atoms with Crippen molar-refractivity contribution in [2.45, 2.75) is 19.8 Å². The summed E-state index contributed by atoms with van der Waals surface area (Å²) < 4.78 is 10.6. The van der Waals surface area contributed by atoms with Gasteiger partial charge in [-0.1, -0.05) is 6.92 Å². The van der Waals surface area contributed by atoms with Gasteiger partial charge in [-0.25, -0.2) is 0 Å². The van der Waals surface area contributed by atoms with Crippen molar-refractivity contribution in [3.63, 3.8) is 0 Å². The second kappa shape index (κ2) is 8.08. The summed E-state index contributed by atoms with van der Waals surface area (Å²) in [7, 11) is 3.08. The van der Waals surface area contributed by atoms with E-state index in [0.29, 0.717) is 36.7 Å². The molecule has 2 saturated heterocycles. The molecule has 2 aliphatic rings. The van der Waals surface area contributed by atoms with Crippen molar-refractivity contribution < 1.29 is 29.0 Å². The van der Waals surface area contributed by atoms with E-state index in [4.69, 9.17) is 9.47 Å². The van der Waals surface area contributed by atoms with Crippen LogP contribution in [0.15, 0.2) is 18.2 Å². The predicted octanol–water partition coefficient (Wildman–Crippen LogP) is 1.63. The molecule has 1 N–H and O–H groups in total. The van der Waals surface area contributed by atoms with E-state index in [9.17, 15) is 19.5 Å². The smallest absolute Gasteiger partial charge is 0.306 e. The van der Waals surface area contributed by atoms with Crippen LogP contribution in [0.25, 0.3) is 0 Å². The molecule has 3 atom stereocenters. The second-order valence-electron chi connectivity index (χ2n) is 7.44. The maximum absolute atomic E-state index is 12.9. The average molecular weight is 390 g/mol. The Bertz CT molecular complexity index is 780. The number of carbonyl (C=O) groups excluding carboxylic acids is 2. The third-order valence-corrected chi connectivity index (χ3v) is 5.69. The van der Waals surface area contributed by atoms with E-state index < -0.39 is 17.8 Å². The van der Waals surface area contributed by atoms with E-state index in [-0.39, 0.29) is 30.7 Å². The van der Waals surface area contributed by atoms with Crippen LogP contribution in [-0.4, -0.2) is 61.6 Å². The first kappa shape index (κ1) is 20.0. The van der Waals surface area contributed by atoms with Crippen LogP contribution >= 0.6 is 0 Å². The molecular formula is C20H26N2O6. The molecule has 3 unspecified atom stereocenters. The fourth-order valence-corrected chi connectivity index (χ4v) is 4.08. The Kier molecular flexibility index (Phi) is 5.76. The van der Waals surface area contributed by atoms with Crippen LogP contribution in [0.3, 0.4) is 0 Å². The molecule has 2 heterocycles. The Morgan fingerprint density at radius 3 is 2.54 bits per heavy atom. The topological polar surface area (TPSA) is 96.4 Å². The molecule has 152 valence electrons. The van der Waals surface area contributed by atoms with Crippen molar-refractivity contribution in [1.82, 2.24) is 4.90 Å². The van der Waals surface area contributed by atoms with Crippen LogP contribution in [0.1, 0.15) is 19.8 Å². The fourth-order valence-electron chi connectivity index (χ4n) is 4.08. The predicted molar refractivity (Wildman–Crippen MR) is 101 cm³/mol. The molecule has 2 aliphatic heterocycles. The minimum absolute atomic E-state index is 0.0842. The monoisotopic (exact) mass is 390 g/mol. The second-order valence-corrected chi connectivity index (χ2v) is 7.44. The van der Waals surface area contributed by atoms with Crippen LogP contribution in [0.2, 0.25) is 0 Å². The Morgan fingerprint density at radius 1 is 1.18 bits per heavy atom. The lowest BCUT2D eigenvalue weighted by Crippen LogP contribution is -2.47. The lowest BCUT2D eigenvalue weighted by molar-refractivity contribution is -0.149. The lowest BCUT2D eigenvalue weighted by Gasteiger charge is -2.36. The van der Waals surface area contributed by atoms with Gasteiger partial charge in [-0.05, 0) is 24.5 Å². The van der Waals surface area contributed by atoms with E-state index in [1.54, 1.807) is 35.1 Å². The molecule has 3 rings (SSSR count). The maximum Gasteiger partial charge on any atom is 0.306 e. The fraction of sp³-hybridized carbons (Fsp3) is 0.550. The van der Waals surface area contributed by atoms with Gasteiger partial charge in [0.15, 0.2) is 0 Å². The van der Waals surface area contributed by atoms with Gasteiger partial charge in [0.05, 0.1) is 31.7 Å². The third kappa shape index (κ3) is 3.76. The molecule has 0 saturated carbocycles. The van der Waals surface area contributed by atoms with E-state index in [2.05, 4.69) is 0 Å². The summed E-state index contributed by atoms with van der Waals surface area (Å²) in [5, 5.41) is 9.25. The van der Waals surface area contributed by atoms with Gasteiger partial charge < -0.3 is 24.4 Å². The Hall–Kier alpha value is -2.77. The number of carboxylic acids is 1. The van der Waals surface area contributed by atoms with Crippen molar-refractivity contribution in [1.29, 1.82) is 0 Å². The van der Waals surface area contributed by atoms with Crippen molar-refractivity contribution in [2.75, 3.05) is 38.8 Å². The SMILES string of the molecule is COc1ccc(N2CC(C(=O)N3CCC(C(=O)O)C(C)C3)CC2=O)c(OC)c1. The van der Waals surface area contributed by atoms with Crippen LogP contribution in [0, 0.1) is 17.8 Å². The summed E-state index contributed by atoms with van der Waals surface area (Å²) in [6, 6.07) is 5.21. The minimum atomic E-state index is -0.812. The molecule has 0 spiro atoms. The zero-order valence-corrected chi connectivity index (χ0v) is 16.4. The molecule has 8 heteroatoms. The number of methoxy groups -OCH3 is 2. The van der Waals surface area contributed by atoms with Gasteiger partial charge in [0.25, 0.3) is 0 Å². The van der Waals surface area contributed by atoms with Gasteiger partial charge in [0.2, 0.25) is 11.8 Å². The van der Waals surface area contributed by atoms with Gasteiger partial charge in [0.1, 0.15) is 11.5 Å². The largest absolute Gasteiger partial charge is 0.497 e. The number of hydrogen-bond donors (Lipinski definition) is 1. The summed E-state index contributed by atoms with van der Waals surface area (Å²) in [5.74, 6) is -0.859. The highest BCUT2D eigenvalue weighted by Crippen LogP contribution is 2.36. The normalized spacial score (nSPS) is 25.0. The first-order chi connectivity index (χ1) is 13.3. The number of rotatable bonds is 5. The summed E-state index contributed by atoms with van der Waals surface area (Å²) in [4.78, 5) is 40.1. The van der Waals surface area contributed by atoms with E-state index in [0.717, 1.165) is 0 Å². The molecule has 8 nitrogen and oxygen atoms in total. The lowest BCUT2D eigenvalue weighted by atomic mass is 9.86. The third-order valence-electron chi connectivity index (χ3n) is 5.69. The van der Waals surface area contributed by atoms with Crippen LogP contribution in [0.4, 0.5) is 5.69 Å². The van der Waals surface area contributed by atoms with Crippen LogP contribution < -0.4 is 14.4 Å². The minimum Gasteiger partial charge on any atom is -0.497 e. The summed E-state index contributed by atoms with van der Waals surface area (Å²) in [5.41, 5.74) is 0.613. The maximum atomic E-state index is 12.9. The number of likely N-dealkylation sites (tertiary alicyclic amines) is 1. The van der Waals surface area contributed by atoms with Crippen molar-refractivity contribution >= 4 is 23.5 Å².